The molecule has 2 aromatic rings. The third-order valence-corrected chi connectivity index (χ3v) is 4.30. The minimum Gasteiger partial charge on any atom is -0.465 e. The van der Waals surface area contributed by atoms with Crippen LogP contribution in [0, 0.1) is 0 Å². The molecule has 9 heteroatoms. The first kappa shape index (κ1) is 17.0. The molecular formula is C18H15NO8. The summed E-state index contributed by atoms with van der Waals surface area (Å²) in [7, 11) is 1.20. The van der Waals surface area contributed by atoms with E-state index >= 15 is 0 Å². The Morgan fingerprint density at radius 3 is 2.81 bits per heavy atom. The molecule has 140 valence electrons. The Morgan fingerprint density at radius 1 is 1.30 bits per heavy atom. The van der Waals surface area contributed by atoms with Gasteiger partial charge in [-0.05, 0) is 17.7 Å². The molecule has 1 aromatic carbocycles. The van der Waals surface area contributed by atoms with Crippen LogP contribution in [0.2, 0.25) is 0 Å². The molecule has 0 spiro atoms. The van der Waals surface area contributed by atoms with Gasteiger partial charge in [-0.1, -0.05) is 6.07 Å². The molecule has 0 amide bonds. The second-order valence-corrected chi connectivity index (χ2v) is 5.85. The monoisotopic (exact) mass is 373 g/mol. The lowest BCUT2D eigenvalue weighted by Gasteiger charge is -2.26. The number of fused-ring (bicyclic) bond motifs is 2. The molecule has 4 rings (SSSR count). The van der Waals surface area contributed by atoms with E-state index in [0.717, 1.165) is 6.07 Å². The highest BCUT2D eigenvalue weighted by molar-refractivity contribution is 5.92. The molecule has 9 nitrogen and oxygen atoms in total. The first-order valence-electron chi connectivity index (χ1n) is 7.96. The molecule has 3 heterocycles. The molecule has 0 aliphatic carbocycles. The molecule has 0 saturated carbocycles. The maximum atomic E-state index is 12.4. The number of hydrogen-bond donors (Lipinski definition) is 2. The minimum atomic E-state index is -0.894. The maximum absolute atomic E-state index is 12.4. The standard InChI is InChI=1S/C18H15NO8/c1-23-18(22)14-13(8-2-3-11-12(4-8)25-7-24-11)16-15(27-17(14)19)10(21)5-9(6-20)26-16/h2-5,13,20H,6-7,19H2,1H3/t13-/m0/s1. The van der Waals surface area contributed by atoms with Crippen LogP contribution in [-0.2, 0) is 16.1 Å². The number of benzene rings is 1. The van der Waals surface area contributed by atoms with Crippen molar-refractivity contribution < 1.29 is 33.3 Å². The van der Waals surface area contributed by atoms with Crippen molar-refractivity contribution in [1.82, 2.24) is 0 Å². The van der Waals surface area contributed by atoms with E-state index < -0.39 is 23.9 Å². The number of aliphatic hydroxyl groups is 1. The lowest BCUT2D eigenvalue weighted by atomic mass is 9.86. The zero-order chi connectivity index (χ0) is 19.1. The molecule has 0 bridgehead atoms. The summed E-state index contributed by atoms with van der Waals surface area (Å²) >= 11 is 0. The highest BCUT2D eigenvalue weighted by Gasteiger charge is 2.39. The summed E-state index contributed by atoms with van der Waals surface area (Å²) in [6, 6.07) is 6.12. The van der Waals surface area contributed by atoms with Gasteiger partial charge in [0.05, 0.1) is 13.0 Å². The van der Waals surface area contributed by atoms with E-state index in [9.17, 15) is 14.7 Å². The van der Waals surface area contributed by atoms with E-state index in [1.807, 2.05) is 0 Å². The Morgan fingerprint density at radius 2 is 2.07 bits per heavy atom. The fourth-order valence-corrected chi connectivity index (χ4v) is 3.10. The molecular weight excluding hydrogens is 358 g/mol. The molecule has 0 saturated heterocycles. The van der Waals surface area contributed by atoms with E-state index in [1.54, 1.807) is 18.2 Å². The minimum absolute atomic E-state index is 0.0257. The van der Waals surface area contributed by atoms with Crippen molar-refractivity contribution in [3.05, 3.63) is 63.0 Å². The van der Waals surface area contributed by atoms with Gasteiger partial charge >= 0.3 is 5.97 Å². The molecule has 1 atom stereocenters. The van der Waals surface area contributed by atoms with E-state index in [-0.39, 0.29) is 35.5 Å². The van der Waals surface area contributed by atoms with E-state index in [4.69, 9.17) is 29.1 Å². The molecule has 0 radical (unpaired) electrons. The fourth-order valence-electron chi connectivity index (χ4n) is 3.10. The smallest absolute Gasteiger partial charge is 0.340 e. The quantitative estimate of drug-likeness (QED) is 0.748. The van der Waals surface area contributed by atoms with E-state index in [0.29, 0.717) is 17.1 Å². The fraction of sp³-hybridized carbons (Fsp3) is 0.222. The number of nitrogens with two attached hydrogens (primary N) is 1. The number of carbonyl (C=O) groups is 1. The molecule has 2 aliphatic heterocycles. The molecule has 27 heavy (non-hydrogen) atoms. The Labute approximate surface area is 152 Å². The third kappa shape index (κ3) is 2.68. The van der Waals surface area contributed by atoms with Gasteiger partial charge in [-0.2, -0.15) is 0 Å². The van der Waals surface area contributed by atoms with Crippen LogP contribution in [0.4, 0.5) is 0 Å². The Balaban J connectivity index is 1.96. The van der Waals surface area contributed by atoms with Gasteiger partial charge in [-0.15, -0.1) is 0 Å². The van der Waals surface area contributed by atoms with Gasteiger partial charge < -0.3 is 34.2 Å². The highest BCUT2D eigenvalue weighted by Crippen LogP contribution is 2.44. The molecule has 3 N–H and O–H groups in total. The van der Waals surface area contributed by atoms with Gasteiger partial charge in [-0.25, -0.2) is 4.79 Å². The van der Waals surface area contributed by atoms with Crippen molar-refractivity contribution in [2.24, 2.45) is 5.73 Å². The summed E-state index contributed by atoms with van der Waals surface area (Å²) in [6.07, 6.45) is 0. The average molecular weight is 373 g/mol. The summed E-state index contributed by atoms with van der Waals surface area (Å²) in [4.78, 5) is 24.7. The van der Waals surface area contributed by atoms with Crippen molar-refractivity contribution in [2.45, 2.75) is 12.5 Å². The number of ether oxygens (including phenoxy) is 4. The Kier molecular flexibility index (Phi) is 4.00. The Bertz CT molecular complexity index is 1020. The summed E-state index contributed by atoms with van der Waals surface area (Å²) in [5, 5.41) is 9.38. The summed E-state index contributed by atoms with van der Waals surface area (Å²) < 4.78 is 26.5. The third-order valence-electron chi connectivity index (χ3n) is 4.30. The lowest BCUT2D eigenvalue weighted by molar-refractivity contribution is -0.136. The largest absolute Gasteiger partial charge is 0.465 e. The van der Waals surface area contributed by atoms with Crippen LogP contribution in [0.1, 0.15) is 23.0 Å². The first-order chi connectivity index (χ1) is 13.0. The second-order valence-electron chi connectivity index (χ2n) is 5.85. The normalized spacial score (nSPS) is 17.3. The number of esters is 1. The molecule has 0 unspecified atom stereocenters. The van der Waals surface area contributed by atoms with Crippen molar-refractivity contribution in [3.63, 3.8) is 0 Å². The van der Waals surface area contributed by atoms with Crippen molar-refractivity contribution in [2.75, 3.05) is 13.9 Å². The van der Waals surface area contributed by atoms with Crippen LogP contribution < -0.4 is 25.4 Å². The number of aliphatic hydroxyl groups excluding tert-OH is 1. The van der Waals surface area contributed by atoms with Gasteiger partial charge in [0.15, 0.2) is 17.3 Å². The number of rotatable bonds is 3. The van der Waals surface area contributed by atoms with Gasteiger partial charge in [0.2, 0.25) is 23.9 Å². The lowest BCUT2D eigenvalue weighted by Crippen LogP contribution is -2.29. The van der Waals surface area contributed by atoms with Crippen LogP contribution in [0.5, 0.6) is 17.2 Å². The van der Waals surface area contributed by atoms with Crippen LogP contribution in [0.15, 0.2) is 44.9 Å². The van der Waals surface area contributed by atoms with Crippen molar-refractivity contribution >= 4 is 5.97 Å². The Hall–Kier alpha value is -3.46. The summed E-state index contributed by atoms with van der Waals surface area (Å²) in [6.45, 7) is -0.419. The molecule has 1 aromatic heterocycles. The van der Waals surface area contributed by atoms with E-state index in [2.05, 4.69) is 0 Å². The van der Waals surface area contributed by atoms with Crippen LogP contribution in [0.25, 0.3) is 0 Å². The number of hydrogen-bond acceptors (Lipinski definition) is 9. The average Bonchev–Trinajstić information content (AvgIpc) is 3.14. The first-order valence-corrected chi connectivity index (χ1v) is 7.96. The van der Waals surface area contributed by atoms with Gasteiger partial charge in [0, 0.05) is 6.07 Å². The van der Waals surface area contributed by atoms with E-state index in [1.165, 1.54) is 7.11 Å². The molecule has 0 fully saturated rings. The molecule has 2 aliphatic rings. The highest BCUT2D eigenvalue weighted by atomic mass is 16.7. The van der Waals surface area contributed by atoms with Gasteiger partial charge in [-0.3, -0.25) is 4.79 Å². The van der Waals surface area contributed by atoms with Gasteiger partial charge in [0.25, 0.3) is 0 Å². The summed E-state index contributed by atoms with van der Waals surface area (Å²) in [5.41, 5.74) is 5.91. The SMILES string of the molecule is COC(=O)C1=C(N)Oc2c(oc(CO)cc2=O)[C@H]1c1ccc2c(c1)OCO2. The summed E-state index contributed by atoms with van der Waals surface area (Å²) in [5.74, 6) is -0.955. The van der Waals surface area contributed by atoms with Crippen LogP contribution >= 0.6 is 0 Å². The van der Waals surface area contributed by atoms with Gasteiger partial charge in [0.1, 0.15) is 17.9 Å². The zero-order valence-corrected chi connectivity index (χ0v) is 14.2. The predicted octanol–water partition coefficient (Wildman–Crippen LogP) is 0.728. The van der Waals surface area contributed by atoms with Crippen LogP contribution in [-0.4, -0.2) is 25.0 Å². The second kappa shape index (κ2) is 6.36. The van der Waals surface area contributed by atoms with Crippen molar-refractivity contribution in [3.8, 4) is 17.2 Å². The number of methoxy groups -OCH3 is 1. The maximum Gasteiger partial charge on any atom is 0.340 e. The zero-order valence-electron chi connectivity index (χ0n) is 14.2. The number of carbonyl (C=O) groups excluding carboxylic acids is 1. The predicted molar refractivity (Wildman–Crippen MR) is 89.2 cm³/mol. The van der Waals surface area contributed by atoms with Crippen molar-refractivity contribution in [1.29, 1.82) is 0 Å². The topological polar surface area (TPSA) is 130 Å². The van der Waals surface area contributed by atoms with Crippen LogP contribution in [0.3, 0.4) is 0 Å².